The Hall–Kier alpha value is -4.43. The van der Waals surface area contributed by atoms with Gasteiger partial charge in [0.15, 0.2) is 0 Å². The number of para-hydroxylation sites is 1. The quantitative estimate of drug-likeness (QED) is 0.300. The number of benzene rings is 3. The van der Waals surface area contributed by atoms with E-state index in [-0.39, 0.29) is 25.1 Å². The van der Waals surface area contributed by atoms with Crippen LogP contribution in [0, 0.1) is 0 Å². The van der Waals surface area contributed by atoms with E-state index in [0.29, 0.717) is 17.1 Å². The fourth-order valence-corrected chi connectivity index (χ4v) is 5.18. The first-order valence-electron chi connectivity index (χ1n) is 12.3. The smallest absolute Gasteiger partial charge is 0.307 e. The van der Waals surface area contributed by atoms with Gasteiger partial charge in [0, 0.05) is 28.6 Å². The molecule has 2 aromatic heterocycles. The molecule has 186 valence electrons. The van der Waals surface area contributed by atoms with Crippen molar-refractivity contribution in [3.63, 3.8) is 0 Å². The molecule has 2 heterocycles. The van der Waals surface area contributed by atoms with Gasteiger partial charge in [0.05, 0.1) is 23.7 Å². The van der Waals surface area contributed by atoms with Crippen LogP contribution in [0.5, 0.6) is 5.75 Å². The normalized spacial score (nSPS) is 17.1. The molecule has 1 aliphatic carbocycles. The second-order valence-corrected chi connectivity index (χ2v) is 9.57. The molecule has 0 aliphatic heterocycles. The molecule has 0 amide bonds. The molecule has 5 aromatic rings. The summed E-state index contributed by atoms with van der Waals surface area (Å²) in [6.07, 6.45) is 3.35. The molecule has 37 heavy (non-hydrogen) atoms. The van der Waals surface area contributed by atoms with E-state index in [2.05, 4.69) is 23.2 Å². The van der Waals surface area contributed by atoms with Crippen molar-refractivity contribution >= 4 is 33.5 Å². The Balaban J connectivity index is 1.43. The minimum absolute atomic E-state index is 0.100. The van der Waals surface area contributed by atoms with Crippen molar-refractivity contribution in [3.8, 4) is 16.9 Å². The summed E-state index contributed by atoms with van der Waals surface area (Å²) in [5.74, 6) is 0.165. The van der Waals surface area contributed by atoms with Gasteiger partial charge >= 0.3 is 5.97 Å². The summed E-state index contributed by atoms with van der Waals surface area (Å²) in [5.41, 5.74) is 16.8. The predicted octanol–water partition coefficient (Wildman–Crippen LogP) is 4.70. The molecule has 0 saturated heterocycles. The van der Waals surface area contributed by atoms with Gasteiger partial charge in [0.25, 0.3) is 0 Å². The van der Waals surface area contributed by atoms with E-state index in [1.165, 1.54) is 0 Å². The highest BCUT2D eigenvalue weighted by Crippen LogP contribution is 2.37. The molecule has 5 N–H and O–H groups in total. The van der Waals surface area contributed by atoms with Crippen LogP contribution in [-0.2, 0) is 17.8 Å². The van der Waals surface area contributed by atoms with Crippen molar-refractivity contribution in [2.75, 3.05) is 5.73 Å². The molecule has 6 rings (SSSR count). The van der Waals surface area contributed by atoms with Crippen molar-refractivity contribution in [2.24, 2.45) is 5.73 Å². The summed E-state index contributed by atoms with van der Waals surface area (Å²) >= 11 is 0. The highest BCUT2D eigenvalue weighted by atomic mass is 16.5. The number of pyridine rings is 1. The summed E-state index contributed by atoms with van der Waals surface area (Å²) in [6.45, 7) is 0.259. The Kier molecular flexibility index (Phi) is 5.73. The molecule has 1 fully saturated rings. The van der Waals surface area contributed by atoms with E-state index in [4.69, 9.17) is 21.3 Å². The monoisotopic (exact) mass is 493 g/mol. The van der Waals surface area contributed by atoms with Crippen molar-refractivity contribution < 1.29 is 14.6 Å². The maximum atomic E-state index is 11.3. The molecule has 0 radical (unpaired) electrons. The molecule has 0 spiro atoms. The van der Waals surface area contributed by atoms with Crippen LogP contribution < -0.4 is 16.2 Å². The number of carboxylic acids is 1. The largest absolute Gasteiger partial charge is 0.487 e. The van der Waals surface area contributed by atoms with Gasteiger partial charge in [-0.3, -0.25) is 9.48 Å². The molecule has 1 aliphatic rings. The highest BCUT2D eigenvalue weighted by molar-refractivity contribution is 6.02. The van der Waals surface area contributed by atoms with E-state index in [0.717, 1.165) is 51.3 Å². The maximum Gasteiger partial charge on any atom is 0.307 e. The third-order valence-corrected chi connectivity index (χ3v) is 7.12. The van der Waals surface area contributed by atoms with Crippen molar-refractivity contribution in [2.45, 2.75) is 38.0 Å². The molecule has 8 nitrogen and oxygen atoms in total. The molecular weight excluding hydrogens is 466 g/mol. The van der Waals surface area contributed by atoms with Crippen LogP contribution in [0.25, 0.3) is 32.8 Å². The van der Waals surface area contributed by atoms with Crippen LogP contribution in [0.2, 0.25) is 0 Å². The van der Waals surface area contributed by atoms with E-state index < -0.39 is 5.97 Å². The topological polar surface area (TPSA) is 129 Å². The Morgan fingerprint density at radius 1 is 1.03 bits per heavy atom. The number of nitrogens with two attached hydrogens (primary N) is 2. The van der Waals surface area contributed by atoms with Gasteiger partial charge in [0.2, 0.25) is 0 Å². The molecule has 0 bridgehead atoms. The third-order valence-electron chi connectivity index (χ3n) is 7.12. The molecule has 3 aromatic carbocycles. The number of hydrogen-bond acceptors (Lipinski definition) is 6. The average Bonchev–Trinajstić information content (AvgIpc) is 3.23. The Morgan fingerprint density at radius 2 is 1.86 bits per heavy atom. The first-order chi connectivity index (χ1) is 18.0. The lowest BCUT2D eigenvalue weighted by Crippen LogP contribution is -2.38. The first kappa shape index (κ1) is 23.0. The number of ether oxygens (including phenoxy) is 1. The number of hydrogen-bond donors (Lipinski definition) is 3. The van der Waals surface area contributed by atoms with Gasteiger partial charge in [-0.05, 0) is 53.6 Å². The van der Waals surface area contributed by atoms with Crippen LogP contribution in [0.1, 0.15) is 30.1 Å². The van der Waals surface area contributed by atoms with Crippen molar-refractivity contribution in [3.05, 3.63) is 84.2 Å². The number of aromatic nitrogens is 3. The zero-order valence-electron chi connectivity index (χ0n) is 20.2. The fourth-order valence-electron chi connectivity index (χ4n) is 5.18. The van der Waals surface area contributed by atoms with Crippen LogP contribution in [0.3, 0.4) is 0 Å². The Bertz CT molecular complexity index is 1640. The molecule has 8 heteroatoms. The van der Waals surface area contributed by atoms with Crippen LogP contribution in [0.15, 0.2) is 72.9 Å². The van der Waals surface area contributed by atoms with Crippen LogP contribution >= 0.6 is 0 Å². The van der Waals surface area contributed by atoms with E-state index in [1.54, 1.807) is 18.3 Å². The fraction of sp³-hybridized carbons (Fsp3) is 0.207. The lowest BCUT2D eigenvalue weighted by Gasteiger charge is -2.33. The van der Waals surface area contributed by atoms with Gasteiger partial charge < -0.3 is 21.3 Å². The summed E-state index contributed by atoms with van der Waals surface area (Å²) < 4.78 is 8.27. The van der Waals surface area contributed by atoms with E-state index in [1.807, 2.05) is 41.1 Å². The van der Waals surface area contributed by atoms with Crippen LogP contribution in [-0.4, -0.2) is 31.9 Å². The third kappa shape index (κ3) is 4.25. The van der Waals surface area contributed by atoms with Gasteiger partial charge in [-0.25, -0.2) is 4.98 Å². The molecular formula is C29H27N5O3. The van der Waals surface area contributed by atoms with Crippen molar-refractivity contribution in [1.29, 1.82) is 0 Å². The molecule has 0 unspecified atom stereocenters. The SMILES string of the molecule is Nc1nccc2c(-c3ccc4nn(C5CC(N)C5)c(COc5ccccc5CC(=O)O)c4c3)cccc12. The summed E-state index contributed by atoms with van der Waals surface area (Å²) in [4.78, 5) is 15.6. The summed E-state index contributed by atoms with van der Waals surface area (Å²) in [5, 5.41) is 17.2. The molecule has 0 atom stereocenters. The van der Waals surface area contributed by atoms with Gasteiger partial charge in [-0.1, -0.05) is 42.5 Å². The average molecular weight is 494 g/mol. The standard InChI is InChI=1S/C29H27N5O3/c30-19-14-20(15-19)34-26(16-37-27-7-2-1-4-18(27)13-28(35)36)24-12-17(8-9-25(24)33-34)21-5-3-6-23-22(21)10-11-32-29(23)31/h1-12,19-20H,13-16,30H2,(H2,31,32)(H,35,36). The van der Waals surface area contributed by atoms with Gasteiger partial charge in [-0.2, -0.15) is 5.10 Å². The summed E-state index contributed by atoms with van der Waals surface area (Å²) in [6, 6.07) is 21.9. The number of carboxylic acid groups (broad SMARTS) is 1. The lowest BCUT2D eigenvalue weighted by molar-refractivity contribution is -0.136. The first-order valence-corrected chi connectivity index (χ1v) is 12.3. The summed E-state index contributed by atoms with van der Waals surface area (Å²) in [7, 11) is 0. The van der Waals surface area contributed by atoms with Gasteiger partial charge in [0.1, 0.15) is 18.2 Å². The number of carbonyl (C=O) groups is 1. The predicted molar refractivity (Wildman–Crippen MR) is 143 cm³/mol. The minimum Gasteiger partial charge on any atom is -0.487 e. The number of rotatable bonds is 7. The second-order valence-electron chi connectivity index (χ2n) is 9.57. The lowest BCUT2D eigenvalue weighted by atomic mass is 9.87. The van der Waals surface area contributed by atoms with E-state index in [9.17, 15) is 9.90 Å². The zero-order chi connectivity index (χ0) is 25.5. The Labute approximate surface area is 213 Å². The highest BCUT2D eigenvalue weighted by Gasteiger charge is 2.31. The number of nitrogens with zero attached hydrogens (tertiary/aromatic N) is 3. The number of aliphatic carboxylic acids is 1. The number of fused-ring (bicyclic) bond motifs is 2. The maximum absolute atomic E-state index is 11.3. The second kappa shape index (κ2) is 9.22. The van der Waals surface area contributed by atoms with E-state index >= 15 is 0 Å². The molecule has 1 saturated carbocycles. The zero-order valence-corrected chi connectivity index (χ0v) is 20.2. The Morgan fingerprint density at radius 3 is 2.68 bits per heavy atom. The van der Waals surface area contributed by atoms with Gasteiger partial charge in [-0.15, -0.1) is 0 Å². The number of anilines is 1. The number of nitrogen functional groups attached to an aromatic ring is 1. The van der Waals surface area contributed by atoms with Crippen LogP contribution in [0.4, 0.5) is 5.82 Å². The van der Waals surface area contributed by atoms with Crippen molar-refractivity contribution in [1.82, 2.24) is 14.8 Å². The minimum atomic E-state index is -0.898.